The highest BCUT2D eigenvalue weighted by atomic mass is 16.1. The van der Waals surface area contributed by atoms with Crippen molar-refractivity contribution in [2.45, 2.75) is 47.5 Å². The molecule has 0 saturated heterocycles. The molecule has 0 saturated carbocycles. The molecule has 0 fully saturated rings. The Morgan fingerprint density at radius 3 is 1.93 bits per heavy atom. The summed E-state index contributed by atoms with van der Waals surface area (Å²) in [6, 6.07) is 0. The summed E-state index contributed by atoms with van der Waals surface area (Å²) < 4.78 is 0. The molecule has 14 heavy (non-hydrogen) atoms. The predicted molar refractivity (Wildman–Crippen MR) is 65.1 cm³/mol. The van der Waals surface area contributed by atoms with Crippen LogP contribution in [0.25, 0.3) is 0 Å². The van der Waals surface area contributed by atoms with Gasteiger partial charge in [-0.15, -0.1) is 6.58 Å². The van der Waals surface area contributed by atoms with E-state index in [-0.39, 0.29) is 5.91 Å². The number of allylic oxidation sites excluding steroid dienone is 2. The summed E-state index contributed by atoms with van der Waals surface area (Å²) in [6.07, 6.45) is 5.02. The molecule has 84 valence electrons. The molecule has 0 bridgehead atoms. The molecule has 2 N–H and O–H groups in total. The van der Waals surface area contributed by atoms with Gasteiger partial charge in [0.05, 0.1) is 0 Å². The molecule has 0 aliphatic carbocycles. The van der Waals surface area contributed by atoms with Gasteiger partial charge in [0, 0.05) is 5.57 Å². The highest BCUT2D eigenvalue weighted by Gasteiger charge is 1.99. The third-order valence-corrected chi connectivity index (χ3v) is 1.28. The first-order valence-electron chi connectivity index (χ1n) is 5.28. The van der Waals surface area contributed by atoms with Crippen LogP contribution in [0.5, 0.6) is 0 Å². The molecule has 0 spiro atoms. The first kappa shape index (κ1) is 18.7. The molecule has 2 heteroatoms. The molecule has 0 unspecified atom stereocenters. The Morgan fingerprint density at radius 1 is 1.29 bits per heavy atom. The largest absolute Gasteiger partial charge is 0.366 e. The van der Waals surface area contributed by atoms with E-state index in [2.05, 4.69) is 6.58 Å². The van der Waals surface area contributed by atoms with Crippen molar-refractivity contribution < 1.29 is 4.79 Å². The van der Waals surface area contributed by atoms with Crippen molar-refractivity contribution in [3.8, 4) is 0 Å². The minimum absolute atomic E-state index is 0.329. The Balaban J connectivity index is -0.000000266. The van der Waals surface area contributed by atoms with Gasteiger partial charge in [-0.1, -0.05) is 39.8 Å². The molecule has 0 atom stereocenters. The molecule has 0 aliphatic rings. The lowest BCUT2D eigenvalue weighted by Crippen LogP contribution is -2.13. The smallest absolute Gasteiger partial charge is 0.244 e. The quantitative estimate of drug-likeness (QED) is 0.547. The van der Waals surface area contributed by atoms with E-state index in [0.717, 1.165) is 6.42 Å². The van der Waals surface area contributed by atoms with Gasteiger partial charge in [-0.25, -0.2) is 0 Å². The van der Waals surface area contributed by atoms with E-state index in [0.29, 0.717) is 12.0 Å². The van der Waals surface area contributed by atoms with E-state index < -0.39 is 0 Å². The lowest BCUT2D eigenvalue weighted by Gasteiger charge is -1.97. The highest BCUT2D eigenvalue weighted by molar-refractivity contribution is 5.91. The maximum Gasteiger partial charge on any atom is 0.244 e. The van der Waals surface area contributed by atoms with Crippen LogP contribution >= 0.6 is 0 Å². The summed E-state index contributed by atoms with van der Waals surface area (Å²) in [6.45, 7) is 13.4. The number of primary amides is 1. The second-order valence-electron chi connectivity index (χ2n) is 2.01. The fourth-order valence-electron chi connectivity index (χ4n) is 0.667. The maximum atomic E-state index is 10.6. The van der Waals surface area contributed by atoms with Crippen LogP contribution in [0.3, 0.4) is 0 Å². The molecule has 0 heterocycles. The van der Waals surface area contributed by atoms with Crippen molar-refractivity contribution in [3.05, 3.63) is 24.3 Å². The molecular weight excluding hydrogens is 174 g/mol. The number of nitrogens with two attached hydrogens (primary N) is 1. The van der Waals surface area contributed by atoms with E-state index in [9.17, 15) is 4.79 Å². The second-order valence-corrected chi connectivity index (χ2v) is 2.01. The second kappa shape index (κ2) is 17.9. The van der Waals surface area contributed by atoms with E-state index in [1.54, 1.807) is 12.2 Å². The van der Waals surface area contributed by atoms with Crippen molar-refractivity contribution in [1.82, 2.24) is 0 Å². The van der Waals surface area contributed by atoms with Crippen molar-refractivity contribution in [2.24, 2.45) is 5.73 Å². The predicted octanol–water partition coefficient (Wildman–Crippen LogP) is 3.44. The lowest BCUT2D eigenvalue weighted by atomic mass is 10.1. The number of hydrogen-bond acceptors (Lipinski definition) is 1. The Kier molecular flexibility index (Phi) is 23.9. The first-order chi connectivity index (χ1) is 6.72. The number of hydrogen-bond donors (Lipinski definition) is 1. The van der Waals surface area contributed by atoms with Crippen molar-refractivity contribution in [3.63, 3.8) is 0 Å². The molecule has 0 aromatic heterocycles. The fourth-order valence-corrected chi connectivity index (χ4v) is 0.667. The molecule has 0 rings (SSSR count). The van der Waals surface area contributed by atoms with Gasteiger partial charge in [0.2, 0.25) is 5.91 Å². The monoisotopic (exact) mass is 199 g/mol. The van der Waals surface area contributed by atoms with Gasteiger partial charge < -0.3 is 5.73 Å². The van der Waals surface area contributed by atoms with Crippen LogP contribution in [0.2, 0.25) is 0 Å². The van der Waals surface area contributed by atoms with E-state index in [1.807, 2.05) is 34.6 Å². The van der Waals surface area contributed by atoms with Gasteiger partial charge in [-0.2, -0.15) is 0 Å². The van der Waals surface area contributed by atoms with Crippen molar-refractivity contribution in [2.75, 3.05) is 0 Å². The summed E-state index contributed by atoms with van der Waals surface area (Å²) in [5, 5.41) is 0. The zero-order valence-corrected chi connectivity index (χ0v) is 10.3. The van der Waals surface area contributed by atoms with Crippen LogP contribution in [0, 0.1) is 0 Å². The van der Waals surface area contributed by atoms with Crippen LogP contribution in [-0.4, -0.2) is 5.91 Å². The summed E-state index contributed by atoms with van der Waals surface area (Å²) in [4.78, 5) is 10.6. The molecular formula is C12H25NO. The van der Waals surface area contributed by atoms with E-state index in [1.165, 1.54) is 0 Å². The Bertz CT molecular complexity index is 160. The van der Waals surface area contributed by atoms with Gasteiger partial charge in [-0.05, 0) is 19.8 Å². The van der Waals surface area contributed by atoms with Crippen LogP contribution < -0.4 is 5.73 Å². The van der Waals surface area contributed by atoms with Gasteiger partial charge in [0.15, 0.2) is 0 Å². The third kappa shape index (κ3) is 13.5. The summed E-state index contributed by atoms with van der Waals surface area (Å²) in [5.74, 6) is -0.329. The maximum absolute atomic E-state index is 10.6. The standard InChI is InChI=1S/C8H13NO.2C2H6/c1-3-5-6-7(4-2)8(9)10;2*1-2/h3-4H,1,5-6H2,2H3,(H2,9,10);2*1-2H3/b7-4+;;. The van der Waals surface area contributed by atoms with Crippen molar-refractivity contribution in [1.29, 1.82) is 0 Å². The number of amides is 1. The van der Waals surface area contributed by atoms with Crippen molar-refractivity contribution >= 4 is 5.91 Å². The number of carbonyl (C=O) groups is 1. The van der Waals surface area contributed by atoms with Crippen LogP contribution in [-0.2, 0) is 4.79 Å². The minimum atomic E-state index is -0.329. The SMILES string of the molecule is C=CCC/C(=C\C)C(N)=O.CC.CC. The zero-order valence-electron chi connectivity index (χ0n) is 10.3. The molecule has 0 aromatic rings. The molecule has 2 nitrogen and oxygen atoms in total. The molecule has 0 radical (unpaired) electrons. The highest BCUT2D eigenvalue weighted by Crippen LogP contribution is 2.03. The summed E-state index contributed by atoms with van der Waals surface area (Å²) >= 11 is 0. The average Bonchev–Trinajstić information content (AvgIpc) is 2.24. The van der Waals surface area contributed by atoms with Gasteiger partial charge >= 0.3 is 0 Å². The van der Waals surface area contributed by atoms with Gasteiger partial charge in [0.25, 0.3) is 0 Å². The minimum Gasteiger partial charge on any atom is -0.366 e. The van der Waals surface area contributed by atoms with Gasteiger partial charge in [-0.3, -0.25) is 4.79 Å². The molecule has 0 aromatic carbocycles. The van der Waals surface area contributed by atoms with Crippen LogP contribution in [0.15, 0.2) is 24.3 Å². The zero-order chi connectivity index (χ0) is 12.0. The van der Waals surface area contributed by atoms with Crippen LogP contribution in [0.4, 0.5) is 0 Å². The first-order valence-corrected chi connectivity index (χ1v) is 5.28. The summed E-state index contributed by atoms with van der Waals surface area (Å²) in [5.41, 5.74) is 5.73. The topological polar surface area (TPSA) is 43.1 Å². The van der Waals surface area contributed by atoms with E-state index in [4.69, 9.17) is 5.73 Å². The van der Waals surface area contributed by atoms with E-state index >= 15 is 0 Å². The Morgan fingerprint density at radius 2 is 1.71 bits per heavy atom. The average molecular weight is 199 g/mol. The Hall–Kier alpha value is -1.05. The number of rotatable bonds is 4. The third-order valence-electron chi connectivity index (χ3n) is 1.28. The number of carbonyl (C=O) groups excluding carboxylic acids is 1. The molecule has 1 amide bonds. The normalized spacial score (nSPS) is 8.79. The summed E-state index contributed by atoms with van der Waals surface area (Å²) in [7, 11) is 0. The van der Waals surface area contributed by atoms with Gasteiger partial charge in [0.1, 0.15) is 0 Å². The Labute approximate surface area is 88.9 Å². The lowest BCUT2D eigenvalue weighted by molar-refractivity contribution is -0.114. The fraction of sp³-hybridized carbons (Fsp3) is 0.583. The molecule has 0 aliphatic heterocycles. The van der Waals surface area contributed by atoms with Crippen LogP contribution in [0.1, 0.15) is 47.5 Å².